The van der Waals surface area contributed by atoms with Gasteiger partial charge >= 0.3 is 0 Å². The summed E-state index contributed by atoms with van der Waals surface area (Å²) < 4.78 is 32.0. The first kappa shape index (κ1) is 17.0. The van der Waals surface area contributed by atoms with Gasteiger partial charge in [-0.25, -0.2) is 8.78 Å². The largest absolute Gasteiger partial charge is 0.376 e. The van der Waals surface area contributed by atoms with Crippen molar-refractivity contribution in [1.29, 1.82) is 0 Å². The Labute approximate surface area is 119 Å². The molecule has 0 amide bonds. The summed E-state index contributed by atoms with van der Waals surface area (Å²) in [4.78, 5) is 0. The van der Waals surface area contributed by atoms with Crippen molar-refractivity contribution in [1.82, 2.24) is 5.43 Å². The molecular weight excluding hydrogens is 262 g/mol. The molecule has 3 nitrogen and oxygen atoms in total. The van der Waals surface area contributed by atoms with E-state index in [1.165, 1.54) is 6.07 Å². The maximum Gasteiger partial charge on any atom is 0.159 e. The Bertz CT molecular complexity index is 432. The molecule has 0 spiro atoms. The standard InChI is InChI=1S/C15H24F2N2O/c1-5-20-14(15(2,3)4)13(19-18)9-10-6-7-11(16)12(17)8-10/h6-8,13-14,19H,5,9,18H2,1-4H3. The van der Waals surface area contributed by atoms with E-state index in [1.54, 1.807) is 6.07 Å². The fraction of sp³-hybridized carbons (Fsp3) is 0.600. The van der Waals surface area contributed by atoms with Crippen molar-refractivity contribution in [2.75, 3.05) is 6.61 Å². The van der Waals surface area contributed by atoms with Crippen molar-refractivity contribution >= 4 is 0 Å². The summed E-state index contributed by atoms with van der Waals surface area (Å²) in [6.45, 7) is 8.66. The molecule has 2 atom stereocenters. The van der Waals surface area contributed by atoms with E-state index in [0.29, 0.717) is 18.6 Å². The number of nitrogens with one attached hydrogen (secondary N) is 1. The molecule has 0 heterocycles. The van der Waals surface area contributed by atoms with Gasteiger partial charge in [0.2, 0.25) is 0 Å². The number of ether oxygens (including phenoxy) is 1. The van der Waals surface area contributed by atoms with Crippen LogP contribution in [0, 0.1) is 17.0 Å². The van der Waals surface area contributed by atoms with Gasteiger partial charge in [-0.2, -0.15) is 0 Å². The molecule has 0 saturated heterocycles. The van der Waals surface area contributed by atoms with Gasteiger partial charge in [0, 0.05) is 6.61 Å². The van der Waals surface area contributed by atoms with Crippen molar-refractivity contribution in [2.45, 2.75) is 46.3 Å². The van der Waals surface area contributed by atoms with Crippen molar-refractivity contribution in [3.8, 4) is 0 Å². The molecule has 20 heavy (non-hydrogen) atoms. The van der Waals surface area contributed by atoms with Gasteiger partial charge < -0.3 is 4.74 Å². The van der Waals surface area contributed by atoms with Crippen LogP contribution in [0.25, 0.3) is 0 Å². The van der Waals surface area contributed by atoms with E-state index < -0.39 is 11.6 Å². The van der Waals surface area contributed by atoms with Gasteiger partial charge in [-0.15, -0.1) is 0 Å². The monoisotopic (exact) mass is 286 g/mol. The Balaban J connectivity index is 2.91. The van der Waals surface area contributed by atoms with Crippen LogP contribution < -0.4 is 11.3 Å². The third-order valence-electron chi connectivity index (χ3n) is 3.22. The number of hydrogen-bond donors (Lipinski definition) is 2. The van der Waals surface area contributed by atoms with Gasteiger partial charge in [-0.05, 0) is 36.5 Å². The van der Waals surface area contributed by atoms with E-state index in [-0.39, 0.29) is 17.6 Å². The van der Waals surface area contributed by atoms with Crippen LogP contribution in [-0.2, 0) is 11.2 Å². The topological polar surface area (TPSA) is 47.3 Å². The average molecular weight is 286 g/mol. The molecule has 1 aromatic rings. The van der Waals surface area contributed by atoms with Gasteiger partial charge in [-0.3, -0.25) is 11.3 Å². The highest BCUT2D eigenvalue weighted by Gasteiger charge is 2.32. The van der Waals surface area contributed by atoms with Gasteiger partial charge in [0.05, 0.1) is 12.1 Å². The second-order valence-corrected chi connectivity index (χ2v) is 5.97. The lowest BCUT2D eigenvalue weighted by molar-refractivity contribution is -0.0356. The van der Waals surface area contributed by atoms with E-state index in [2.05, 4.69) is 26.2 Å². The highest BCUT2D eigenvalue weighted by Crippen LogP contribution is 2.26. The minimum absolute atomic E-state index is 0.119. The summed E-state index contributed by atoms with van der Waals surface area (Å²) >= 11 is 0. The third kappa shape index (κ3) is 4.51. The lowest BCUT2D eigenvalue weighted by atomic mass is 9.82. The van der Waals surface area contributed by atoms with Gasteiger partial charge in [0.1, 0.15) is 0 Å². The highest BCUT2D eigenvalue weighted by atomic mass is 19.2. The quantitative estimate of drug-likeness (QED) is 0.624. The first-order valence-corrected chi connectivity index (χ1v) is 6.81. The second kappa shape index (κ2) is 7.11. The molecule has 0 radical (unpaired) electrons. The van der Waals surface area contributed by atoms with E-state index in [4.69, 9.17) is 10.6 Å². The molecule has 0 aliphatic heterocycles. The third-order valence-corrected chi connectivity index (χ3v) is 3.22. The molecule has 2 unspecified atom stereocenters. The molecule has 1 aromatic carbocycles. The van der Waals surface area contributed by atoms with Gasteiger partial charge in [0.15, 0.2) is 11.6 Å². The molecule has 1 rings (SSSR count). The van der Waals surface area contributed by atoms with Crippen molar-refractivity contribution in [2.24, 2.45) is 11.3 Å². The Morgan fingerprint density at radius 1 is 1.25 bits per heavy atom. The number of hydrazine groups is 1. The van der Waals surface area contributed by atoms with Gasteiger partial charge in [0.25, 0.3) is 0 Å². The first-order valence-electron chi connectivity index (χ1n) is 6.81. The number of hydrogen-bond acceptors (Lipinski definition) is 3. The zero-order valence-corrected chi connectivity index (χ0v) is 12.5. The number of rotatable bonds is 6. The zero-order chi connectivity index (χ0) is 15.3. The van der Waals surface area contributed by atoms with Crippen LogP contribution in [0.1, 0.15) is 33.3 Å². The van der Waals surface area contributed by atoms with E-state index >= 15 is 0 Å². The van der Waals surface area contributed by atoms with Crippen molar-refractivity contribution in [3.05, 3.63) is 35.4 Å². The molecular formula is C15H24F2N2O. The maximum atomic E-state index is 13.3. The SMILES string of the molecule is CCOC(C(Cc1ccc(F)c(F)c1)NN)C(C)(C)C. The van der Waals surface area contributed by atoms with Crippen molar-refractivity contribution < 1.29 is 13.5 Å². The Hall–Kier alpha value is -1.04. The predicted molar refractivity (Wildman–Crippen MR) is 76.0 cm³/mol. The fourth-order valence-electron chi connectivity index (χ4n) is 2.32. The Morgan fingerprint density at radius 2 is 1.90 bits per heavy atom. The average Bonchev–Trinajstić information content (AvgIpc) is 2.36. The summed E-state index contributed by atoms with van der Waals surface area (Å²) in [5.41, 5.74) is 3.30. The first-order chi connectivity index (χ1) is 9.29. The normalized spacial score (nSPS) is 15.2. The van der Waals surface area contributed by atoms with Crippen LogP contribution in [-0.4, -0.2) is 18.8 Å². The Morgan fingerprint density at radius 3 is 2.35 bits per heavy atom. The second-order valence-electron chi connectivity index (χ2n) is 5.97. The molecule has 3 N–H and O–H groups in total. The minimum Gasteiger partial charge on any atom is -0.376 e. The highest BCUT2D eigenvalue weighted by molar-refractivity contribution is 5.19. The summed E-state index contributed by atoms with van der Waals surface area (Å²) in [5.74, 6) is 3.93. The van der Waals surface area contributed by atoms with E-state index in [9.17, 15) is 8.78 Å². The molecule has 0 saturated carbocycles. The van der Waals surface area contributed by atoms with Crippen LogP contribution in [0.2, 0.25) is 0 Å². The lowest BCUT2D eigenvalue weighted by Gasteiger charge is -2.36. The van der Waals surface area contributed by atoms with E-state index in [1.807, 2.05) is 6.92 Å². The molecule has 0 bridgehead atoms. The number of benzene rings is 1. The fourth-order valence-corrected chi connectivity index (χ4v) is 2.32. The van der Waals surface area contributed by atoms with Crippen LogP contribution in [0.15, 0.2) is 18.2 Å². The Kier molecular flexibility index (Phi) is 6.05. The van der Waals surface area contributed by atoms with Crippen LogP contribution in [0.5, 0.6) is 0 Å². The van der Waals surface area contributed by atoms with E-state index in [0.717, 1.165) is 6.07 Å². The van der Waals surface area contributed by atoms with Gasteiger partial charge in [-0.1, -0.05) is 26.8 Å². The maximum absolute atomic E-state index is 13.3. The predicted octanol–water partition coefficient (Wildman–Crippen LogP) is 2.79. The molecule has 0 fully saturated rings. The number of halogens is 2. The lowest BCUT2D eigenvalue weighted by Crippen LogP contribution is -2.52. The van der Waals surface area contributed by atoms with Crippen LogP contribution in [0.3, 0.4) is 0 Å². The molecule has 0 aliphatic carbocycles. The summed E-state index contributed by atoms with van der Waals surface area (Å²) in [5, 5.41) is 0. The zero-order valence-electron chi connectivity index (χ0n) is 12.5. The number of nitrogens with two attached hydrogens (primary N) is 1. The van der Waals surface area contributed by atoms with Crippen LogP contribution in [0.4, 0.5) is 8.78 Å². The molecule has 5 heteroatoms. The minimum atomic E-state index is -0.845. The van der Waals surface area contributed by atoms with Crippen molar-refractivity contribution in [3.63, 3.8) is 0 Å². The summed E-state index contributed by atoms with van der Waals surface area (Å²) in [6, 6.07) is 3.71. The summed E-state index contributed by atoms with van der Waals surface area (Å²) in [6.07, 6.45) is 0.334. The molecule has 0 aliphatic rings. The summed E-state index contributed by atoms with van der Waals surface area (Å²) in [7, 11) is 0. The smallest absolute Gasteiger partial charge is 0.159 e. The molecule has 114 valence electrons. The van der Waals surface area contributed by atoms with Crippen LogP contribution >= 0.6 is 0 Å². The molecule has 0 aromatic heterocycles.